The van der Waals surface area contributed by atoms with Gasteiger partial charge in [0, 0.05) is 11.3 Å². The number of alkyl halides is 3. The number of carboxylic acid groups (broad SMARTS) is 1. The van der Waals surface area contributed by atoms with E-state index in [4.69, 9.17) is 5.11 Å². The van der Waals surface area contributed by atoms with Crippen molar-refractivity contribution in [3.05, 3.63) is 95.8 Å². The molecule has 0 aliphatic rings. The highest BCUT2D eigenvalue weighted by atomic mass is 19.4. The number of aryl methyl sites for hydroxylation is 1. The van der Waals surface area contributed by atoms with Gasteiger partial charge in [0.2, 0.25) is 5.88 Å². The van der Waals surface area contributed by atoms with Crippen molar-refractivity contribution in [3.8, 4) is 34.2 Å². The first-order valence-corrected chi connectivity index (χ1v) is 12.5. The van der Waals surface area contributed by atoms with Crippen LogP contribution in [0.25, 0.3) is 27.7 Å². The molecular formula is C30H21F4N3O5. The van der Waals surface area contributed by atoms with Crippen LogP contribution in [0.2, 0.25) is 0 Å². The SMILES string of the molecule is CCc1ccc(-n2c(O)c(N=Nc3cccc(-c4cccc(OC(=O)O)c4)c3O)c3c(F)cc(C(F)(F)F)cc32)cc1. The van der Waals surface area contributed by atoms with Gasteiger partial charge in [-0.3, -0.25) is 4.57 Å². The van der Waals surface area contributed by atoms with E-state index in [1.54, 1.807) is 30.3 Å². The Kier molecular flexibility index (Phi) is 7.29. The summed E-state index contributed by atoms with van der Waals surface area (Å²) in [7, 11) is 0. The van der Waals surface area contributed by atoms with Gasteiger partial charge in [-0.15, -0.1) is 10.2 Å². The van der Waals surface area contributed by atoms with Gasteiger partial charge in [-0.1, -0.05) is 43.3 Å². The van der Waals surface area contributed by atoms with Crippen LogP contribution in [-0.2, 0) is 12.6 Å². The lowest BCUT2D eigenvalue weighted by Crippen LogP contribution is -2.06. The summed E-state index contributed by atoms with van der Waals surface area (Å²) in [5.41, 5.74) is -0.287. The minimum Gasteiger partial charge on any atom is -0.505 e. The Bertz CT molecular complexity index is 1850. The van der Waals surface area contributed by atoms with Crippen molar-refractivity contribution in [2.75, 3.05) is 0 Å². The zero-order valence-corrected chi connectivity index (χ0v) is 21.7. The lowest BCUT2D eigenvalue weighted by Gasteiger charge is -2.10. The summed E-state index contributed by atoms with van der Waals surface area (Å²) >= 11 is 0. The molecule has 1 heterocycles. The minimum absolute atomic E-state index is 0.00447. The van der Waals surface area contributed by atoms with Crippen molar-refractivity contribution in [2.24, 2.45) is 10.2 Å². The van der Waals surface area contributed by atoms with E-state index in [2.05, 4.69) is 15.0 Å². The topological polar surface area (TPSA) is 117 Å². The van der Waals surface area contributed by atoms with Crippen molar-refractivity contribution >= 4 is 28.4 Å². The first-order chi connectivity index (χ1) is 20.0. The van der Waals surface area contributed by atoms with Crippen LogP contribution in [0.1, 0.15) is 18.1 Å². The monoisotopic (exact) mass is 579 g/mol. The lowest BCUT2D eigenvalue weighted by atomic mass is 10.0. The molecule has 0 amide bonds. The highest BCUT2D eigenvalue weighted by molar-refractivity contribution is 5.97. The first kappa shape index (κ1) is 28.1. The molecule has 12 heteroatoms. The van der Waals surface area contributed by atoms with Gasteiger partial charge in [0.15, 0.2) is 11.4 Å². The molecule has 5 rings (SSSR count). The number of aromatic nitrogens is 1. The smallest absolute Gasteiger partial charge is 0.505 e. The van der Waals surface area contributed by atoms with E-state index >= 15 is 4.39 Å². The number of ether oxygens (including phenoxy) is 1. The summed E-state index contributed by atoms with van der Waals surface area (Å²) < 4.78 is 61.7. The zero-order valence-electron chi connectivity index (χ0n) is 21.7. The van der Waals surface area contributed by atoms with Crippen molar-refractivity contribution in [2.45, 2.75) is 19.5 Å². The van der Waals surface area contributed by atoms with E-state index in [0.717, 1.165) is 16.2 Å². The fourth-order valence-corrected chi connectivity index (χ4v) is 4.51. The molecule has 3 N–H and O–H groups in total. The van der Waals surface area contributed by atoms with E-state index in [1.807, 2.05) is 6.92 Å². The third-order valence-corrected chi connectivity index (χ3v) is 6.52. The van der Waals surface area contributed by atoms with Crippen molar-refractivity contribution in [1.29, 1.82) is 0 Å². The second kappa shape index (κ2) is 10.9. The number of phenols is 1. The van der Waals surface area contributed by atoms with E-state index < -0.39 is 40.7 Å². The molecule has 0 bridgehead atoms. The van der Waals surface area contributed by atoms with Crippen LogP contribution in [0, 0.1) is 5.82 Å². The molecule has 0 fully saturated rings. The maximum atomic E-state index is 15.3. The molecular weight excluding hydrogens is 558 g/mol. The van der Waals surface area contributed by atoms with Crippen LogP contribution < -0.4 is 4.74 Å². The van der Waals surface area contributed by atoms with Crippen LogP contribution in [0.3, 0.4) is 0 Å². The second-order valence-electron chi connectivity index (χ2n) is 9.15. The number of azo groups is 1. The van der Waals surface area contributed by atoms with Gasteiger partial charge in [-0.05, 0) is 60.0 Å². The maximum absolute atomic E-state index is 15.3. The molecule has 0 aliphatic heterocycles. The average Bonchev–Trinajstić information content (AvgIpc) is 3.23. The number of phenolic OH excluding ortho intramolecular Hbond substituents is 1. The van der Waals surface area contributed by atoms with Crippen LogP contribution in [0.4, 0.5) is 33.7 Å². The Labute approximate surface area is 235 Å². The normalized spacial score (nSPS) is 11.8. The number of aromatic hydroxyl groups is 2. The Balaban J connectivity index is 1.65. The van der Waals surface area contributed by atoms with Gasteiger partial charge >= 0.3 is 12.3 Å². The molecule has 1 aromatic heterocycles. The number of fused-ring (bicyclic) bond motifs is 1. The summed E-state index contributed by atoms with van der Waals surface area (Å²) in [5, 5.41) is 38.4. The summed E-state index contributed by atoms with van der Waals surface area (Å²) in [6, 6.07) is 17.9. The van der Waals surface area contributed by atoms with Gasteiger partial charge in [0.1, 0.15) is 17.3 Å². The Morgan fingerprint density at radius 2 is 1.67 bits per heavy atom. The molecule has 8 nitrogen and oxygen atoms in total. The number of hydrogen-bond acceptors (Lipinski definition) is 6. The molecule has 42 heavy (non-hydrogen) atoms. The Morgan fingerprint density at radius 3 is 2.33 bits per heavy atom. The number of hydrogen-bond donors (Lipinski definition) is 3. The van der Waals surface area contributed by atoms with Crippen LogP contribution in [-0.4, -0.2) is 26.0 Å². The summed E-state index contributed by atoms with van der Waals surface area (Å²) in [4.78, 5) is 10.9. The molecule has 4 aromatic carbocycles. The third kappa shape index (κ3) is 5.33. The summed E-state index contributed by atoms with van der Waals surface area (Å²) in [6.45, 7) is 1.92. The second-order valence-corrected chi connectivity index (χ2v) is 9.15. The predicted molar refractivity (Wildman–Crippen MR) is 146 cm³/mol. The quantitative estimate of drug-likeness (QED) is 0.0804. The van der Waals surface area contributed by atoms with E-state index in [-0.39, 0.29) is 34.0 Å². The third-order valence-electron chi connectivity index (χ3n) is 6.52. The number of rotatable bonds is 6. The molecule has 0 unspecified atom stereocenters. The zero-order chi connectivity index (χ0) is 30.2. The van der Waals surface area contributed by atoms with Crippen LogP contribution in [0.15, 0.2) is 89.1 Å². The molecule has 0 saturated heterocycles. The van der Waals surface area contributed by atoms with Crippen molar-refractivity contribution in [1.82, 2.24) is 4.57 Å². The molecule has 0 atom stereocenters. The standard InChI is InChI=1S/C30H21F4N3O5/c1-2-16-9-11-19(12-10-16)37-24-15-18(30(32,33)34)14-22(31)25(24)26(28(37)39)36-35-23-8-4-7-21(27(23)38)17-5-3-6-20(13-17)42-29(40)41/h3-15,38-39H,2H2,1H3,(H,40,41). The number of benzene rings is 4. The van der Waals surface area contributed by atoms with Crippen molar-refractivity contribution in [3.63, 3.8) is 0 Å². The number of halogens is 4. The summed E-state index contributed by atoms with van der Waals surface area (Å²) in [5.74, 6) is -2.32. The first-order valence-electron chi connectivity index (χ1n) is 12.5. The fourth-order valence-electron chi connectivity index (χ4n) is 4.51. The number of carbonyl (C=O) groups is 1. The Hall–Kier alpha value is -5.39. The molecule has 0 saturated carbocycles. The van der Waals surface area contributed by atoms with Gasteiger partial charge in [-0.25, -0.2) is 9.18 Å². The van der Waals surface area contributed by atoms with Crippen molar-refractivity contribution < 1.29 is 42.4 Å². The molecule has 0 spiro atoms. The maximum Gasteiger partial charge on any atom is 0.511 e. The fraction of sp³-hybridized carbons (Fsp3) is 0.100. The minimum atomic E-state index is -4.85. The predicted octanol–water partition coefficient (Wildman–Crippen LogP) is 8.90. The molecule has 0 aliphatic carbocycles. The lowest BCUT2D eigenvalue weighted by molar-refractivity contribution is -0.137. The van der Waals surface area contributed by atoms with E-state index in [1.165, 1.54) is 36.4 Å². The Morgan fingerprint density at radius 1 is 0.952 bits per heavy atom. The highest BCUT2D eigenvalue weighted by Crippen LogP contribution is 2.46. The number of para-hydroxylation sites is 1. The molecule has 5 aromatic rings. The van der Waals surface area contributed by atoms with Crippen LogP contribution >= 0.6 is 0 Å². The van der Waals surface area contributed by atoms with E-state index in [9.17, 15) is 28.2 Å². The van der Waals surface area contributed by atoms with Gasteiger partial charge in [0.05, 0.1) is 16.5 Å². The van der Waals surface area contributed by atoms with Gasteiger partial charge < -0.3 is 20.1 Å². The molecule has 214 valence electrons. The summed E-state index contributed by atoms with van der Waals surface area (Å²) in [6.07, 6.45) is -5.68. The molecule has 0 radical (unpaired) electrons. The highest BCUT2D eigenvalue weighted by Gasteiger charge is 2.33. The van der Waals surface area contributed by atoms with Gasteiger partial charge in [-0.2, -0.15) is 13.2 Å². The number of nitrogens with zero attached hydrogens (tertiary/aromatic N) is 3. The largest absolute Gasteiger partial charge is 0.511 e. The van der Waals surface area contributed by atoms with Crippen LogP contribution in [0.5, 0.6) is 17.4 Å². The van der Waals surface area contributed by atoms with Gasteiger partial charge in [0.25, 0.3) is 0 Å². The van der Waals surface area contributed by atoms with E-state index in [0.29, 0.717) is 18.1 Å². The average molecular weight is 580 g/mol.